The van der Waals surface area contributed by atoms with Gasteiger partial charge >= 0.3 is 0 Å². The SMILES string of the molecule is CCC(CC)C(=O)Nc1ccc(Oc2ccc(NC(=O)C(CC)CC)cc2)cc1. The lowest BCUT2D eigenvalue weighted by atomic mass is 10.0. The third-order valence-corrected chi connectivity index (χ3v) is 5.19. The second-order valence-electron chi connectivity index (χ2n) is 7.16. The molecule has 0 heterocycles. The number of hydrogen-bond donors (Lipinski definition) is 2. The Bertz CT molecular complexity index is 709. The fourth-order valence-corrected chi connectivity index (χ4v) is 3.16. The van der Waals surface area contributed by atoms with Crippen molar-refractivity contribution in [3.8, 4) is 11.5 Å². The molecule has 2 rings (SSSR count). The van der Waals surface area contributed by atoms with Crippen LogP contribution in [0.3, 0.4) is 0 Å². The normalized spacial score (nSPS) is 10.8. The fourth-order valence-electron chi connectivity index (χ4n) is 3.16. The van der Waals surface area contributed by atoms with Crippen LogP contribution in [0.25, 0.3) is 0 Å². The van der Waals surface area contributed by atoms with Crippen molar-refractivity contribution in [2.75, 3.05) is 10.6 Å². The number of hydrogen-bond acceptors (Lipinski definition) is 3. The van der Waals surface area contributed by atoms with Crippen LogP contribution in [0.5, 0.6) is 11.5 Å². The molecule has 156 valence electrons. The van der Waals surface area contributed by atoms with E-state index in [0.717, 1.165) is 37.1 Å². The van der Waals surface area contributed by atoms with Gasteiger partial charge in [0.1, 0.15) is 11.5 Å². The van der Waals surface area contributed by atoms with Gasteiger partial charge in [-0.1, -0.05) is 27.7 Å². The van der Waals surface area contributed by atoms with Gasteiger partial charge in [-0.3, -0.25) is 9.59 Å². The number of benzene rings is 2. The molecule has 0 aliphatic carbocycles. The Kier molecular flexibility index (Phi) is 8.71. The van der Waals surface area contributed by atoms with Gasteiger partial charge in [0, 0.05) is 23.2 Å². The van der Waals surface area contributed by atoms with Crippen LogP contribution in [0.4, 0.5) is 11.4 Å². The molecule has 5 heteroatoms. The Hall–Kier alpha value is -2.82. The quantitative estimate of drug-likeness (QED) is 0.500. The molecule has 0 aliphatic heterocycles. The largest absolute Gasteiger partial charge is 0.457 e. The summed E-state index contributed by atoms with van der Waals surface area (Å²) in [7, 11) is 0. The Balaban J connectivity index is 1.93. The summed E-state index contributed by atoms with van der Waals surface area (Å²) in [5.41, 5.74) is 1.52. The predicted octanol–water partition coefficient (Wildman–Crippen LogP) is 6.23. The maximum atomic E-state index is 12.2. The van der Waals surface area contributed by atoms with Crippen LogP contribution in [0.1, 0.15) is 53.4 Å². The lowest BCUT2D eigenvalue weighted by molar-refractivity contribution is -0.120. The molecule has 0 aromatic heterocycles. The van der Waals surface area contributed by atoms with Crippen LogP contribution in [-0.2, 0) is 9.59 Å². The number of nitrogens with one attached hydrogen (secondary N) is 2. The molecule has 0 fully saturated rings. The van der Waals surface area contributed by atoms with E-state index in [-0.39, 0.29) is 23.7 Å². The van der Waals surface area contributed by atoms with Crippen LogP contribution < -0.4 is 15.4 Å². The average Bonchev–Trinajstić information content (AvgIpc) is 2.73. The van der Waals surface area contributed by atoms with E-state index in [1.807, 2.05) is 76.2 Å². The Morgan fingerprint density at radius 2 is 0.966 bits per heavy atom. The van der Waals surface area contributed by atoms with Crippen molar-refractivity contribution in [1.82, 2.24) is 0 Å². The zero-order chi connectivity index (χ0) is 21.2. The van der Waals surface area contributed by atoms with Crippen molar-refractivity contribution < 1.29 is 14.3 Å². The van der Waals surface area contributed by atoms with Crippen LogP contribution >= 0.6 is 0 Å². The number of carbonyl (C=O) groups is 2. The van der Waals surface area contributed by atoms with Gasteiger partial charge in [0.25, 0.3) is 0 Å². The van der Waals surface area contributed by atoms with E-state index in [2.05, 4.69) is 10.6 Å². The third kappa shape index (κ3) is 6.63. The number of ether oxygens (including phenoxy) is 1. The summed E-state index contributed by atoms with van der Waals surface area (Å²) in [6, 6.07) is 14.6. The van der Waals surface area contributed by atoms with Crippen LogP contribution in [0.15, 0.2) is 48.5 Å². The fraction of sp³-hybridized carbons (Fsp3) is 0.417. The maximum Gasteiger partial charge on any atom is 0.227 e. The Morgan fingerprint density at radius 1 is 0.655 bits per heavy atom. The van der Waals surface area contributed by atoms with Crippen LogP contribution in [0.2, 0.25) is 0 Å². The molecule has 0 aliphatic rings. The van der Waals surface area contributed by atoms with Gasteiger partial charge < -0.3 is 15.4 Å². The summed E-state index contributed by atoms with van der Waals surface area (Å²) >= 11 is 0. The first-order valence-electron chi connectivity index (χ1n) is 10.5. The van der Waals surface area contributed by atoms with Gasteiger partial charge in [-0.25, -0.2) is 0 Å². The van der Waals surface area contributed by atoms with Gasteiger partial charge in [-0.15, -0.1) is 0 Å². The second kappa shape index (κ2) is 11.2. The van der Waals surface area contributed by atoms with Crippen LogP contribution in [0, 0.1) is 11.8 Å². The zero-order valence-corrected chi connectivity index (χ0v) is 17.8. The van der Waals surface area contributed by atoms with Gasteiger partial charge in [0.05, 0.1) is 0 Å². The Morgan fingerprint density at radius 3 is 1.24 bits per heavy atom. The van der Waals surface area contributed by atoms with Crippen molar-refractivity contribution in [2.24, 2.45) is 11.8 Å². The summed E-state index contributed by atoms with van der Waals surface area (Å²) in [5.74, 6) is 1.54. The molecule has 0 saturated heterocycles. The molecule has 0 bridgehead atoms. The van der Waals surface area contributed by atoms with Gasteiger partial charge in [0.2, 0.25) is 11.8 Å². The van der Waals surface area contributed by atoms with E-state index in [4.69, 9.17) is 4.74 Å². The van der Waals surface area contributed by atoms with E-state index in [0.29, 0.717) is 11.5 Å². The smallest absolute Gasteiger partial charge is 0.227 e. The molecule has 0 radical (unpaired) electrons. The van der Waals surface area contributed by atoms with Gasteiger partial charge in [-0.2, -0.15) is 0 Å². The first-order valence-corrected chi connectivity index (χ1v) is 10.5. The summed E-state index contributed by atoms with van der Waals surface area (Å²) in [6.45, 7) is 8.08. The van der Waals surface area contributed by atoms with E-state index in [1.165, 1.54) is 0 Å². The highest BCUT2D eigenvalue weighted by Gasteiger charge is 2.15. The highest BCUT2D eigenvalue weighted by molar-refractivity contribution is 5.93. The topological polar surface area (TPSA) is 67.4 Å². The van der Waals surface area contributed by atoms with Crippen molar-refractivity contribution in [3.05, 3.63) is 48.5 Å². The third-order valence-electron chi connectivity index (χ3n) is 5.19. The highest BCUT2D eigenvalue weighted by Crippen LogP contribution is 2.25. The second-order valence-corrected chi connectivity index (χ2v) is 7.16. The summed E-state index contributed by atoms with van der Waals surface area (Å²) < 4.78 is 5.85. The number of carbonyl (C=O) groups excluding carboxylic acids is 2. The summed E-state index contributed by atoms with van der Waals surface area (Å²) in [6.07, 6.45) is 3.32. The molecular weight excluding hydrogens is 364 g/mol. The standard InChI is InChI=1S/C24H32N2O3/c1-5-17(6-2)23(27)25-19-9-13-21(14-10-19)29-22-15-11-20(12-16-22)26-24(28)18(7-3)8-4/h9-18H,5-8H2,1-4H3,(H,25,27)(H,26,28). The average molecular weight is 397 g/mol. The molecule has 0 saturated carbocycles. The molecule has 5 nitrogen and oxygen atoms in total. The van der Waals surface area contributed by atoms with Crippen molar-refractivity contribution >= 4 is 23.2 Å². The Labute approximate surface area is 173 Å². The van der Waals surface area contributed by atoms with E-state index in [9.17, 15) is 9.59 Å². The first kappa shape index (κ1) is 22.5. The maximum absolute atomic E-state index is 12.2. The predicted molar refractivity (Wildman–Crippen MR) is 118 cm³/mol. The monoisotopic (exact) mass is 396 g/mol. The molecule has 0 spiro atoms. The van der Waals surface area contributed by atoms with Crippen molar-refractivity contribution in [3.63, 3.8) is 0 Å². The van der Waals surface area contributed by atoms with Crippen molar-refractivity contribution in [2.45, 2.75) is 53.4 Å². The molecule has 2 amide bonds. The van der Waals surface area contributed by atoms with E-state index >= 15 is 0 Å². The zero-order valence-electron chi connectivity index (χ0n) is 17.8. The van der Waals surface area contributed by atoms with Crippen molar-refractivity contribution in [1.29, 1.82) is 0 Å². The number of anilines is 2. The lowest BCUT2D eigenvalue weighted by Crippen LogP contribution is -2.21. The molecular formula is C24H32N2O3. The molecule has 2 aromatic rings. The molecule has 2 N–H and O–H groups in total. The summed E-state index contributed by atoms with van der Waals surface area (Å²) in [5, 5.41) is 5.89. The number of amides is 2. The van der Waals surface area contributed by atoms with Gasteiger partial charge in [-0.05, 0) is 74.2 Å². The van der Waals surface area contributed by atoms with Crippen LogP contribution in [-0.4, -0.2) is 11.8 Å². The highest BCUT2D eigenvalue weighted by atomic mass is 16.5. The molecule has 0 atom stereocenters. The summed E-state index contributed by atoms with van der Waals surface area (Å²) in [4.78, 5) is 24.3. The molecule has 2 aromatic carbocycles. The minimum Gasteiger partial charge on any atom is -0.457 e. The molecule has 29 heavy (non-hydrogen) atoms. The minimum absolute atomic E-state index is 0.0369. The minimum atomic E-state index is 0.0369. The molecule has 0 unspecified atom stereocenters. The lowest BCUT2D eigenvalue weighted by Gasteiger charge is -2.14. The van der Waals surface area contributed by atoms with E-state index in [1.54, 1.807) is 0 Å². The van der Waals surface area contributed by atoms with E-state index < -0.39 is 0 Å². The van der Waals surface area contributed by atoms with Gasteiger partial charge in [0.15, 0.2) is 0 Å². The number of rotatable bonds is 10. The first-order chi connectivity index (χ1) is 14.0.